The van der Waals surface area contributed by atoms with E-state index in [1.54, 1.807) is 6.42 Å². The topological polar surface area (TPSA) is 12.0 Å². The molecule has 0 spiro atoms. The molecule has 0 radical (unpaired) electrons. The molecule has 1 N–H and O–H groups in total. The van der Waals surface area contributed by atoms with Crippen LogP contribution in [0.5, 0.6) is 0 Å². The Labute approximate surface area is 94.0 Å². The van der Waals surface area contributed by atoms with Crippen LogP contribution in [-0.4, -0.2) is 12.1 Å². The van der Waals surface area contributed by atoms with Crippen LogP contribution in [0, 0.1) is 11.8 Å². The summed E-state index contributed by atoms with van der Waals surface area (Å²) in [4.78, 5) is 0. The highest BCUT2D eigenvalue weighted by atomic mass is 15.0. The van der Waals surface area contributed by atoms with E-state index in [-0.39, 0.29) is 0 Å². The zero-order valence-corrected chi connectivity index (χ0v) is 9.88. The third-order valence-corrected chi connectivity index (χ3v) is 5.12. The fourth-order valence-corrected chi connectivity index (χ4v) is 3.93. The molecule has 15 heavy (non-hydrogen) atoms. The SMILES string of the molecule is C1CC(NC2CCC3CCCCC3C2)C1. The molecular weight excluding hydrogens is 182 g/mol. The molecule has 0 aliphatic heterocycles. The molecule has 0 aromatic heterocycles. The molecule has 3 aliphatic rings. The lowest BCUT2D eigenvalue weighted by molar-refractivity contribution is 0.130. The van der Waals surface area contributed by atoms with Gasteiger partial charge in [-0.1, -0.05) is 32.1 Å². The second-order valence-electron chi connectivity index (χ2n) is 6.11. The lowest BCUT2D eigenvalue weighted by Gasteiger charge is -2.42. The molecule has 3 fully saturated rings. The van der Waals surface area contributed by atoms with Crippen LogP contribution in [0.1, 0.15) is 64.2 Å². The molecule has 1 heteroatoms. The van der Waals surface area contributed by atoms with E-state index in [1.165, 1.54) is 57.8 Å². The Morgan fingerprint density at radius 1 is 0.600 bits per heavy atom. The normalized spacial score (nSPS) is 42.0. The van der Waals surface area contributed by atoms with Crippen LogP contribution in [0.3, 0.4) is 0 Å². The number of hydrogen-bond acceptors (Lipinski definition) is 1. The molecule has 0 aromatic carbocycles. The van der Waals surface area contributed by atoms with Crippen molar-refractivity contribution in [2.75, 3.05) is 0 Å². The highest BCUT2D eigenvalue weighted by Gasteiger charge is 2.33. The highest BCUT2D eigenvalue weighted by Crippen LogP contribution is 2.40. The number of hydrogen-bond donors (Lipinski definition) is 1. The van der Waals surface area contributed by atoms with Gasteiger partial charge in [-0.05, 0) is 43.9 Å². The van der Waals surface area contributed by atoms with Crippen LogP contribution in [0.2, 0.25) is 0 Å². The third kappa shape index (κ3) is 2.22. The first-order valence-electron chi connectivity index (χ1n) is 7.18. The summed E-state index contributed by atoms with van der Waals surface area (Å²) in [6.07, 6.45) is 15.0. The maximum atomic E-state index is 3.89. The molecule has 1 nitrogen and oxygen atoms in total. The van der Waals surface area contributed by atoms with Crippen molar-refractivity contribution >= 4 is 0 Å². The summed E-state index contributed by atoms with van der Waals surface area (Å²) in [7, 11) is 0. The van der Waals surface area contributed by atoms with Gasteiger partial charge in [0.05, 0.1) is 0 Å². The lowest BCUT2D eigenvalue weighted by Crippen LogP contribution is -2.46. The standard InChI is InChI=1S/C14H25N/c1-2-5-12-10-14(9-8-11(12)4-1)15-13-6-3-7-13/h11-15H,1-10H2. The average Bonchev–Trinajstić information content (AvgIpc) is 2.23. The van der Waals surface area contributed by atoms with Crippen molar-refractivity contribution in [2.24, 2.45) is 11.8 Å². The van der Waals surface area contributed by atoms with Crippen LogP contribution < -0.4 is 5.32 Å². The van der Waals surface area contributed by atoms with Crippen molar-refractivity contribution in [3.05, 3.63) is 0 Å². The van der Waals surface area contributed by atoms with E-state index in [0.717, 1.165) is 23.9 Å². The minimum atomic E-state index is 0.884. The highest BCUT2D eigenvalue weighted by molar-refractivity contribution is 4.89. The minimum absolute atomic E-state index is 0.884. The Kier molecular flexibility index (Phi) is 3.01. The van der Waals surface area contributed by atoms with Crippen LogP contribution >= 0.6 is 0 Å². The summed E-state index contributed by atoms with van der Waals surface area (Å²) in [6, 6.07) is 1.78. The van der Waals surface area contributed by atoms with Gasteiger partial charge in [0.1, 0.15) is 0 Å². The van der Waals surface area contributed by atoms with E-state index in [2.05, 4.69) is 5.32 Å². The largest absolute Gasteiger partial charge is 0.311 e. The predicted molar refractivity (Wildman–Crippen MR) is 63.9 cm³/mol. The van der Waals surface area contributed by atoms with Crippen LogP contribution in [0.15, 0.2) is 0 Å². The van der Waals surface area contributed by atoms with Gasteiger partial charge >= 0.3 is 0 Å². The van der Waals surface area contributed by atoms with Gasteiger partial charge in [0.25, 0.3) is 0 Å². The zero-order valence-electron chi connectivity index (χ0n) is 9.88. The Bertz CT molecular complexity index is 209. The number of nitrogens with one attached hydrogen (secondary N) is 1. The van der Waals surface area contributed by atoms with Crippen molar-refractivity contribution in [1.82, 2.24) is 5.32 Å². The first kappa shape index (κ1) is 10.1. The molecule has 3 atom stereocenters. The second kappa shape index (κ2) is 4.45. The third-order valence-electron chi connectivity index (χ3n) is 5.12. The minimum Gasteiger partial charge on any atom is -0.311 e. The summed E-state index contributed by atoms with van der Waals surface area (Å²) in [5, 5.41) is 3.89. The summed E-state index contributed by atoms with van der Waals surface area (Å²) >= 11 is 0. The zero-order chi connectivity index (χ0) is 10.1. The quantitative estimate of drug-likeness (QED) is 0.731. The molecule has 3 unspecified atom stereocenters. The Balaban J connectivity index is 1.50. The van der Waals surface area contributed by atoms with E-state index < -0.39 is 0 Å². The molecule has 3 aliphatic carbocycles. The Hall–Kier alpha value is -0.0400. The van der Waals surface area contributed by atoms with Crippen molar-refractivity contribution in [3.63, 3.8) is 0 Å². The first-order chi connectivity index (χ1) is 7.42. The predicted octanol–water partition coefficient (Wildman–Crippen LogP) is 3.49. The molecular formula is C14H25N. The fourth-order valence-electron chi connectivity index (χ4n) is 3.93. The van der Waals surface area contributed by atoms with Gasteiger partial charge in [0.15, 0.2) is 0 Å². The Morgan fingerprint density at radius 3 is 2.13 bits per heavy atom. The number of rotatable bonds is 2. The second-order valence-corrected chi connectivity index (χ2v) is 6.11. The van der Waals surface area contributed by atoms with Crippen LogP contribution in [0.25, 0.3) is 0 Å². The van der Waals surface area contributed by atoms with E-state index in [4.69, 9.17) is 0 Å². The maximum absolute atomic E-state index is 3.89. The van der Waals surface area contributed by atoms with Gasteiger partial charge in [0, 0.05) is 12.1 Å². The van der Waals surface area contributed by atoms with Crippen molar-refractivity contribution in [2.45, 2.75) is 76.3 Å². The van der Waals surface area contributed by atoms with Gasteiger partial charge in [-0.2, -0.15) is 0 Å². The van der Waals surface area contributed by atoms with Gasteiger partial charge in [-0.25, -0.2) is 0 Å². The summed E-state index contributed by atoms with van der Waals surface area (Å²) in [5.41, 5.74) is 0. The van der Waals surface area contributed by atoms with Crippen molar-refractivity contribution < 1.29 is 0 Å². The van der Waals surface area contributed by atoms with E-state index in [9.17, 15) is 0 Å². The number of fused-ring (bicyclic) bond motifs is 1. The molecule has 0 heterocycles. The van der Waals surface area contributed by atoms with Gasteiger partial charge < -0.3 is 5.32 Å². The van der Waals surface area contributed by atoms with Crippen molar-refractivity contribution in [3.8, 4) is 0 Å². The van der Waals surface area contributed by atoms with Crippen LogP contribution in [-0.2, 0) is 0 Å². The molecule has 0 aromatic rings. The first-order valence-corrected chi connectivity index (χ1v) is 7.18. The molecule has 86 valence electrons. The van der Waals surface area contributed by atoms with E-state index >= 15 is 0 Å². The Morgan fingerprint density at radius 2 is 1.40 bits per heavy atom. The van der Waals surface area contributed by atoms with E-state index in [1.807, 2.05) is 0 Å². The molecule has 0 amide bonds. The van der Waals surface area contributed by atoms with Crippen molar-refractivity contribution in [1.29, 1.82) is 0 Å². The average molecular weight is 207 g/mol. The molecule has 3 saturated carbocycles. The smallest absolute Gasteiger partial charge is 0.00724 e. The van der Waals surface area contributed by atoms with Gasteiger partial charge in [-0.15, -0.1) is 0 Å². The van der Waals surface area contributed by atoms with Crippen LogP contribution in [0.4, 0.5) is 0 Å². The summed E-state index contributed by atoms with van der Waals surface area (Å²) in [5.74, 6) is 2.20. The summed E-state index contributed by atoms with van der Waals surface area (Å²) in [6.45, 7) is 0. The molecule has 0 saturated heterocycles. The summed E-state index contributed by atoms with van der Waals surface area (Å²) < 4.78 is 0. The molecule has 0 bridgehead atoms. The maximum Gasteiger partial charge on any atom is 0.00724 e. The molecule has 3 rings (SSSR count). The van der Waals surface area contributed by atoms with Gasteiger partial charge in [-0.3, -0.25) is 0 Å². The monoisotopic (exact) mass is 207 g/mol. The fraction of sp³-hybridized carbons (Fsp3) is 1.00. The van der Waals surface area contributed by atoms with Gasteiger partial charge in [0.2, 0.25) is 0 Å². The lowest BCUT2D eigenvalue weighted by atomic mass is 9.69. The van der Waals surface area contributed by atoms with E-state index in [0.29, 0.717) is 0 Å².